The van der Waals surface area contributed by atoms with Crippen LogP contribution in [0.3, 0.4) is 0 Å². The van der Waals surface area contributed by atoms with Gasteiger partial charge in [-0.05, 0) is 36.4 Å². The Balaban J connectivity index is 1.62. The third-order valence-corrected chi connectivity index (χ3v) is 5.19. The summed E-state index contributed by atoms with van der Waals surface area (Å²) in [6.45, 7) is 0. The molecule has 5 aromatic rings. The number of ketones is 2. The summed E-state index contributed by atoms with van der Waals surface area (Å²) in [6.07, 6.45) is 0. The first-order valence-electron chi connectivity index (χ1n) is 9.46. The highest BCUT2D eigenvalue weighted by molar-refractivity contribution is 6.16. The molecule has 0 aliphatic rings. The van der Waals surface area contributed by atoms with Crippen LogP contribution in [0, 0.1) is 0 Å². The van der Waals surface area contributed by atoms with Gasteiger partial charge in [0.15, 0.2) is 11.6 Å². The van der Waals surface area contributed by atoms with Crippen LogP contribution in [0.25, 0.3) is 21.8 Å². The number of fused-ring (bicyclic) bond motifs is 3. The van der Waals surface area contributed by atoms with Crippen molar-refractivity contribution in [1.29, 1.82) is 0 Å². The van der Waals surface area contributed by atoms with Crippen LogP contribution in [0.15, 0.2) is 97.1 Å². The minimum Gasteiger partial charge on any atom is -0.355 e. The minimum absolute atomic E-state index is 0.0154. The first-order chi connectivity index (χ1) is 14.2. The molecule has 1 heterocycles. The predicted molar refractivity (Wildman–Crippen MR) is 116 cm³/mol. The van der Waals surface area contributed by atoms with Crippen molar-refractivity contribution in [3.63, 3.8) is 0 Å². The van der Waals surface area contributed by atoms with Crippen molar-refractivity contribution in [2.75, 3.05) is 0 Å². The van der Waals surface area contributed by atoms with Gasteiger partial charge in [-0.2, -0.15) is 0 Å². The Morgan fingerprint density at radius 3 is 1.31 bits per heavy atom. The van der Waals surface area contributed by atoms with E-state index in [9.17, 15) is 9.59 Å². The lowest BCUT2D eigenvalue weighted by Crippen LogP contribution is -2.01. The zero-order valence-electron chi connectivity index (χ0n) is 15.6. The molecule has 0 aliphatic carbocycles. The number of benzene rings is 4. The highest BCUT2D eigenvalue weighted by atomic mass is 16.1. The van der Waals surface area contributed by atoms with E-state index in [-0.39, 0.29) is 11.6 Å². The average Bonchev–Trinajstić information content (AvgIpc) is 3.16. The maximum absolute atomic E-state index is 12.8. The van der Waals surface area contributed by atoms with Crippen molar-refractivity contribution in [3.05, 3.63) is 119 Å². The van der Waals surface area contributed by atoms with Crippen LogP contribution in [-0.4, -0.2) is 16.6 Å². The van der Waals surface area contributed by atoms with E-state index in [0.717, 1.165) is 21.8 Å². The van der Waals surface area contributed by atoms with E-state index < -0.39 is 0 Å². The van der Waals surface area contributed by atoms with E-state index in [2.05, 4.69) is 4.98 Å². The lowest BCUT2D eigenvalue weighted by Gasteiger charge is -2.03. The second-order valence-corrected chi connectivity index (χ2v) is 7.04. The molecule has 1 aromatic heterocycles. The fourth-order valence-electron chi connectivity index (χ4n) is 3.69. The molecule has 3 heteroatoms. The fraction of sp³-hybridized carbons (Fsp3) is 0. The van der Waals surface area contributed by atoms with Gasteiger partial charge in [0.25, 0.3) is 0 Å². The fourth-order valence-corrected chi connectivity index (χ4v) is 3.69. The number of rotatable bonds is 4. The summed E-state index contributed by atoms with van der Waals surface area (Å²) < 4.78 is 0. The first kappa shape index (κ1) is 17.1. The molecule has 1 N–H and O–H groups in total. The molecular formula is C26H17NO2. The predicted octanol–water partition coefficient (Wildman–Crippen LogP) is 5.78. The van der Waals surface area contributed by atoms with Crippen LogP contribution in [-0.2, 0) is 0 Å². The summed E-state index contributed by atoms with van der Waals surface area (Å²) in [7, 11) is 0. The molecule has 0 amide bonds. The minimum atomic E-state index is -0.0154. The molecule has 0 bridgehead atoms. The van der Waals surface area contributed by atoms with Gasteiger partial charge in [0, 0.05) is 44.1 Å². The van der Waals surface area contributed by atoms with E-state index in [4.69, 9.17) is 0 Å². The molecule has 0 aliphatic heterocycles. The van der Waals surface area contributed by atoms with Gasteiger partial charge in [0.1, 0.15) is 0 Å². The molecule has 138 valence electrons. The molecule has 0 fully saturated rings. The molecule has 0 spiro atoms. The third kappa shape index (κ3) is 3.03. The van der Waals surface area contributed by atoms with Crippen molar-refractivity contribution in [1.82, 2.24) is 4.98 Å². The maximum atomic E-state index is 12.8. The van der Waals surface area contributed by atoms with Crippen molar-refractivity contribution < 1.29 is 9.59 Å². The van der Waals surface area contributed by atoms with Crippen molar-refractivity contribution in [2.24, 2.45) is 0 Å². The Kier molecular flexibility index (Phi) is 4.07. The first-order valence-corrected chi connectivity index (χ1v) is 9.46. The topological polar surface area (TPSA) is 49.9 Å². The van der Waals surface area contributed by atoms with E-state index >= 15 is 0 Å². The lowest BCUT2D eigenvalue weighted by molar-refractivity contribution is 0.103. The van der Waals surface area contributed by atoms with Crippen LogP contribution in [0.2, 0.25) is 0 Å². The highest BCUT2D eigenvalue weighted by Crippen LogP contribution is 2.28. The molecule has 0 unspecified atom stereocenters. The normalized spacial score (nSPS) is 11.0. The number of hydrogen-bond acceptors (Lipinski definition) is 2. The molecule has 0 saturated carbocycles. The van der Waals surface area contributed by atoms with Crippen molar-refractivity contribution >= 4 is 33.4 Å². The second kappa shape index (κ2) is 6.88. The van der Waals surface area contributed by atoms with Gasteiger partial charge in [-0.3, -0.25) is 9.59 Å². The summed E-state index contributed by atoms with van der Waals surface area (Å²) in [6, 6.07) is 29.8. The zero-order valence-corrected chi connectivity index (χ0v) is 15.6. The quantitative estimate of drug-likeness (QED) is 0.405. The van der Waals surface area contributed by atoms with E-state index in [1.807, 2.05) is 97.1 Å². The Labute approximate surface area is 167 Å². The SMILES string of the molecule is O=C(c1ccccc1)c1ccc2[nH]c3ccc(C(=O)c4ccccc4)cc3c2c1. The Bertz CT molecular complexity index is 1260. The van der Waals surface area contributed by atoms with Crippen LogP contribution in [0.4, 0.5) is 0 Å². The van der Waals surface area contributed by atoms with E-state index in [0.29, 0.717) is 22.3 Å². The summed E-state index contributed by atoms with van der Waals surface area (Å²) in [5.41, 5.74) is 4.45. The number of aromatic nitrogens is 1. The Morgan fingerprint density at radius 1 is 0.483 bits per heavy atom. The zero-order chi connectivity index (χ0) is 19.8. The van der Waals surface area contributed by atoms with E-state index in [1.165, 1.54) is 0 Å². The molecule has 0 atom stereocenters. The van der Waals surface area contributed by atoms with Gasteiger partial charge in [-0.25, -0.2) is 0 Å². The highest BCUT2D eigenvalue weighted by Gasteiger charge is 2.14. The van der Waals surface area contributed by atoms with Crippen LogP contribution in [0.5, 0.6) is 0 Å². The summed E-state index contributed by atoms with van der Waals surface area (Å²) in [5.74, 6) is -0.0308. The Morgan fingerprint density at radius 2 is 0.897 bits per heavy atom. The number of carbonyl (C=O) groups excluding carboxylic acids is 2. The van der Waals surface area contributed by atoms with Gasteiger partial charge >= 0.3 is 0 Å². The molecule has 0 radical (unpaired) electrons. The number of aromatic amines is 1. The van der Waals surface area contributed by atoms with Gasteiger partial charge in [-0.15, -0.1) is 0 Å². The molecule has 5 rings (SSSR count). The number of H-pyrrole nitrogens is 1. The molecule has 29 heavy (non-hydrogen) atoms. The smallest absolute Gasteiger partial charge is 0.193 e. The largest absolute Gasteiger partial charge is 0.355 e. The third-order valence-electron chi connectivity index (χ3n) is 5.19. The summed E-state index contributed by atoms with van der Waals surface area (Å²) in [4.78, 5) is 29.1. The van der Waals surface area contributed by atoms with Crippen LogP contribution in [0.1, 0.15) is 31.8 Å². The molecular weight excluding hydrogens is 358 g/mol. The van der Waals surface area contributed by atoms with Crippen LogP contribution < -0.4 is 0 Å². The van der Waals surface area contributed by atoms with Gasteiger partial charge in [0.05, 0.1) is 0 Å². The van der Waals surface area contributed by atoms with Crippen LogP contribution >= 0.6 is 0 Å². The Hall–Kier alpha value is -3.98. The van der Waals surface area contributed by atoms with Gasteiger partial charge in [0.2, 0.25) is 0 Å². The molecule has 0 saturated heterocycles. The second-order valence-electron chi connectivity index (χ2n) is 7.04. The lowest BCUT2D eigenvalue weighted by atomic mass is 9.99. The van der Waals surface area contributed by atoms with Crippen molar-refractivity contribution in [2.45, 2.75) is 0 Å². The standard InChI is InChI=1S/C26H17NO2/c28-25(17-7-3-1-4-8-17)19-11-13-23-21(15-19)22-16-20(12-14-24(22)27-23)26(29)18-9-5-2-6-10-18/h1-16,27H. The average molecular weight is 375 g/mol. The van der Waals surface area contributed by atoms with E-state index in [1.54, 1.807) is 0 Å². The molecule has 4 aromatic carbocycles. The summed E-state index contributed by atoms with van der Waals surface area (Å²) >= 11 is 0. The number of nitrogens with one attached hydrogen (secondary N) is 1. The number of hydrogen-bond donors (Lipinski definition) is 1. The monoisotopic (exact) mass is 375 g/mol. The summed E-state index contributed by atoms with van der Waals surface area (Å²) in [5, 5.41) is 1.87. The number of carbonyl (C=O) groups is 2. The van der Waals surface area contributed by atoms with Gasteiger partial charge in [-0.1, -0.05) is 60.7 Å². The van der Waals surface area contributed by atoms with Gasteiger partial charge < -0.3 is 4.98 Å². The maximum Gasteiger partial charge on any atom is 0.193 e. The molecule has 3 nitrogen and oxygen atoms in total. The van der Waals surface area contributed by atoms with Crippen molar-refractivity contribution in [3.8, 4) is 0 Å².